The SMILES string of the molecule is O=C(N/N=C/c1ccccc1Cl)C(=O)Nc1ccc(F)c(Cl)c1. The van der Waals surface area contributed by atoms with Crippen LogP contribution in [0.3, 0.4) is 0 Å². The summed E-state index contributed by atoms with van der Waals surface area (Å²) in [7, 11) is 0. The molecular weight excluding hydrogens is 344 g/mol. The average Bonchev–Trinajstić information content (AvgIpc) is 2.52. The maximum atomic E-state index is 13.0. The van der Waals surface area contributed by atoms with E-state index in [9.17, 15) is 14.0 Å². The second-order valence-electron chi connectivity index (χ2n) is 4.30. The van der Waals surface area contributed by atoms with Crippen LogP contribution in [0.25, 0.3) is 0 Å². The van der Waals surface area contributed by atoms with Gasteiger partial charge in [-0.05, 0) is 24.3 Å². The Morgan fingerprint density at radius 2 is 1.78 bits per heavy atom. The minimum Gasteiger partial charge on any atom is -0.318 e. The molecule has 0 aromatic heterocycles. The van der Waals surface area contributed by atoms with Crippen LogP contribution in [0.4, 0.5) is 10.1 Å². The first-order valence-electron chi connectivity index (χ1n) is 6.31. The summed E-state index contributed by atoms with van der Waals surface area (Å²) in [5.41, 5.74) is 2.83. The highest BCUT2D eigenvalue weighted by Gasteiger charge is 2.13. The van der Waals surface area contributed by atoms with Crippen LogP contribution in [-0.2, 0) is 9.59 Å². The van der Waals surface area contributed by atoms with E-state index in [4.69, 9.17) is 23.2 Å². The molecule has 2 amide bonds. The molecule has 23 heavy (non-hydrogen) atoms. The zero-order chi connectivity index (χ0) is 16.8. The monoisotopic (exact) mass is 353 g/mol. The molecule has 5 nitrogen and oxygen atoms in total. The third-order valence-corrected chi connectivity index (χ3v) is 3.29. The van der Waals surface area contributed by atoms with E-state index in [1.165, 1.54) is 18.3 Å². The molecule has 2 rings (SSSR count). The molecule has 0 heterocycles. The lowest BCUT2D eigenvalue weighted by atomic mass is 10.2. The maximum Gasteiger partial charge on any atom is 0.329 e. The lowest BCUT2D eigenvalue weighted by Gasteiger charge is -2.04. The van der Waals surface area contributed by atoms with Crippen molar-refractivity contribution in [1.29, 1.82) is 0 Å². The number of carbonyl (C=O) groups is 2. The van der Waals surface area contributed by atoms with Crippen molar-refractivity contribution in [3.63, 3.8) is 0 Å². The lowest BCUT2D eigenvalue weighted by Crippen LogP contribution is -2.32. The number of anilines is 1. The molecule has 2 N–H and O–H groups in total. The smallest absolute Gasteiger partial charge is 0.318 e. The van der Waals surface area contributed by atoms with Gasteiger partial charge in [0.05, 0.1) is 11.2 Å². The highest BCUT2D eigenvalue weighted by Crippen LogP contribution is 2.19. The van der Waals surface area contributed by atoms with Crippen molar-refractivity contribution in [3.05, 3.63) is 63.9 Å². The van der Waals surface area contributed by atoms with E-state index in [2.05, 4.69) is 15.8 Å². The maximum absolute atomic E-state index is 13.0. The minimum atomic E-state index is -0.992. The Hall–Kier alpha value is -2.44. The van der Waals surface area contributed by atoms with Crippen LogP contribution in [0.2, 0.25) is 10.0 Å². The van der Waals surface area contributed by atoms with Crippen molar-refractivity contribution >= 4 is 46.9 Å². The van der Waals surface area contributed by atoms with Crippen molar-refractivity contribution in [3.8, 4) is 0 Å². The molecule has 0 saturated carbocycles. The molecule has 8 heteroatoms. The first-order valence-corrected chi connectivity index (χ1v) is 7.07. The Morgan fingerprint density at radius 3 is 2.48 bits per heavy atom. The molecule has 118 valence electrons. The topological polar surface area (TPSA) is 70.6 Å². The predicted molar refractivity (Wildman–Crippen MR) is 87.2 cm³/mol. The van der Waals surface area contributed by atoms with E-state index >= 15 is 0 Å². The van der Waals surface area contributed by atoms with Gasteiger partial charge in [-0.1, -0.05) is 41.4 Å². The van der Waals surface area contributed by atoms with E-state index < -0.39 is 17.6 Å². The number of rotatable bonds is 3. The van der Waals surface area contributed by atoms with Crippen LogP contribution in [0, 0.1) is 5.82 Å². The Kier molecular flexibility index (Phi) is 5.67. The Morgan fingerprint density at radius 1 is 1.04 bits per heavy atom. The van der Waals surface area contributed by atoms with Crippen molar-refractivity contribution in [2.24, 2.45) is 5.10 Å². The largest absolute Gasteiger partial charge is 0.329 e. The number of carbonyl (C=O) groups excluding carboxylic acids is 2. The number of hydrazone groups is 1. The Balaban J connectivity index is 1.94. The highest BCUT2D eigenvalue weighted by atomic mass is 35.5. The standard InChI is InChI=1S/C15H10Cl2FN3O2/c16-11-4-2-1-3-9(11)8-19-21-15(23)14(22)20-10-5-6-13(18)12(17)7-10/h1-8H,(H,20,22)(H,21,23)/b19-8+. The third-order valence-electron chi connectivity index (χ3n) is 2.66. The quantitative estimate of drug-likeness (QED) is 0.505. The lowest BCUT2D eigenvalue weighted by molar-refractivity contribution is -0.136. The van der Waals surface area contributed by atoms with Crippen LogP contribution in [-0.4, -0.2) is 18.0 Å². The van der Waals surface area contributed by atoms with Gasteiger partial charge in [-0.15, -0.1) is 0 Å². The molecule has 0 aliphatic rings. The van der Waals surface area contributed by atoms with Crippen LogP contribution in [0.1, 0.15) is 5.56 Å². The average molecular weight is 354 g/mol. The van der Waals surface area contributed by atoms with Crippen molar-refractivity contribution < 1.29 is 14.0 Å². The van der Waals surface area contributed by atoms with Crippen molar-refractivity contribution in [2.75, 3.05) is 5.32 Å². The summed E-state index contributed by atoms with van der Waals surface area (Å²) < 4.78 is 13.0. The van der Waals surface area contributed by atoms with Crippen LogP contribution < -0.4 is 10.7 Å². The molecule has 2 aromatic rings. The molecule has 0 atom stereocenters. The number of nitrogens with zero attached hydrogens (tertiary/aromatic N) is 1. The zero-order valence-corrected chi connectivity index (χ0v) is 13.0. The van der Waals surface area contributed by atoms with E-state index in [1.54, 1.807) is 24.3 Å². The highest BCUT2D eigenvalue weighted by molar-refractivity contribution is 6.40. The van der Waals surface area contributed by atoms with Gasteiger partial charge in [0.25, 0.3) is 0 Å². The van der Waals surface area contributed by atoms with Gasteiger partial charge in [-0.3, -0.25) is 9.59 Å². The van der Waals surface area contributed by atoms with Gasteiger partial charge < -0.3 is 5.32 Å². The molecule has 0 radical (unpaired) electrons. The van der Waals surface area contributed by atoms with E-state index in [-0.39, 0.29) is 10.7 Å². The first-order chi connectivity index (χ1) is 11.0. The van der Waals surface area contributed by atoms with Gasteiger partial charge in [-0.25, -0.2) is 9.82 Å². The first kappa shape index (κ1) is 16.9. The van der Waals surface area contributed by atoms with Crippen LogP contribution >= 0.6 is 23.2 Å². The molecule has 0 aliphatic heterocycles. The molecule has 0 aliphatic carbocycles. The van der Waals surface area contributed by atoms with E-state index in [1.807, 2.05) is 0 Å². The fourth-order valence-electron chi connectivity index (χ4n) is 1.55. The summed E-state index contributed by atoms with van der Waals surface area (Å²) >= 11 is 11.5. The zero-order valence-electron chi connectivity index (χ0n) is 11.5. The summed E-state index contributed by atoms with van der Waals surface area (Å²) in [6.07, 6.45) is 1.31. The van der Waals surface area contributed by atoms with Gasteiger partial charge in [0.1, 0.15) is 5.82 Å². The normalized spacial score (nSPS) is 10.6. The minimum absolute atomic E-state index is 0.167. The number of benzene rings is 2. The van der Waals surface area contributed by atoms with E-state index in [0.29, 0.717) is 10.6 Å². The number of hydrogen-bond donors (Lipinski definition) is 2. The van der Waals surface area contributed by atoms with Gasteiger partial charge in [0.15, 0.2) is 0 Å². The summed E-state index contributed by atoms with van der Waals surface area (Å²) in [6.45, 7) is 0. The molecule has 0 saturated heterocycles. The molecular formula is C15H10Cl2FN3O2. The van der Waals surface area contributed by atoms with Crippen LogP contribution in [0.15, 0.2) is 47.6 Å². The fraction of sp³-hybridized carbons (Fsp3) is 0. The summed E-state index contributed by atoms with van der Waals surface area (Å²) in [4.78, 5) is 23.3. The molecule has 0 spiro atoms. The van der Waals surface area contributed by atoms with Crippen molar-refractivity contribution in [2.45, 2.75) is 0 Å². The van der Waals surface area contributed by atoms with E-state index in [0.717, 1.165) is 6.07 Å². The van der Waals surface area contributed by atoms with Gasteiger partial charge >= 0.3 is 11.8 Å². The third kappa shape index (κ3) is 4.77. The molecule has 0 fully saturated rings. The van der Waals surface area contributed by atoms with Gasteiger partial charge in [-0.2, -0.15) is 5.10 Å². The summed E-state index contributed by atoms with van der Waals surface area (Å²) in [6, 6.07) is 10.4. The van der Waals surface area contributed by atoms with Gasteiger partial charge in [0.2, 0.25) is 0 Å². The van der Waals surface area contributed by atoms with Crippen LogP contribution in [0.5, 0.6) is 0 Å². The second kappa shape index (κ2) is 7.71. The number of halogens is 3. The Bertz CT molecular complexity index is 781. The Labute approximate surface area is 141 Å². The van der Waals surface area contributed by atoms with Crippen molar-refractivity contribution in [1.82, 2.24) is 5.43 Å². The number of nitrogens with one attached hydrogen (secondary N) is 2. The van der Waals surface area contributed by atoms with Gasteiger partial charge in [0, 0.05) is 16.3 Å². The molecule has 0 bridgehead atoms. The summed E-state index contributed by atoms with van der Waals surface area (Å²) in [5, 5.41) is 6.20. The number of amides is 2. The second-order valence-corrected chi connectivity index (χ2v) is 5.12. The molecule has 2 aromatic carbocycles. The molecule has 0 unspecified atom stereocenters. The number of hydrogen-bond acceptors (Lipinski definition) is 3. The fourth-order valence-corrected chi connectivity index (χ4v) is 1.92. The summed E-state index contributed by atoms with van der Waals surface area (Å²) in [5.74, 6) is -2.59. The predicted octanol–water partition coefficient (Wildman–Crippen LogP) is 3.22.